The van der Waals surface area contributed by atoms with Gasteiger partial charge in [0.15, 0.2) is 0 Å². The van der Waals surface area contributed by atoms with Gasteiger partial charge in [-0.3, -0.25) is 0 Å². The minimum Gasteiger partial charge on any atom is -0.373 e. The summed E-state index contributed by atoms with van der Waals surface area (Å²) in [5.74, 6) is 0.696. The lowest BCUT2D eigenvalue weighted by Crippen LogP contribution is -2.29. The zero-order valence-corrected chi connectivity index (χ0v) is 11.4. The first-order chi connectivity index (χ1) is 9.31. The molecule has 1 saturated carbocycles. The Morgan fingerprint density at radius 1 is 0.947 bits per heavy atom. The second-order valence-corrected chi connectivity index (χ2v) is 5.50. The van der Waals surface area contributed by atoms with Gasteiger partial charge in [0.1, 0.15) is 0 Å². The molecule has 98 valence electrons. The molecule has 0 spiro atoms. The topological polar surface area (TPSA) is 9.23 Å². The predicted octanol–water partition coefficient (Wildman–Crippen LogP) is 4.46. The van der Waals surface area contributed by atoms with Crippen LogP contribution in [0.4, 0.5) is 0 Å². The molecule has 2 aromatic rings. The van der Waals surface area contributed by atoms with Crippen LogP contribution in [0.15, 0.2) is 54.6 Å². The first kappa shape index (κ1) is 12.4. The minimum absolute atomic E-state index is 0.437. The van der Waals surface area contributed by atoms with E-state index in [0.717, 1.165) is 19.4 Å². The molecule has 0 N–H and O–H groups in total. The fourth-order valence-electron chi connectivity index (χ4n) is 2.60. The molecule has 0 amide bonds. The number of benzene rings is 2. The lowest BCUT2D eigenvalue weighted by atomic mass is 9.77. The SMILES string of the molecule is Cc1ccc(C2CC(OCc3ccccc3)C2)cc1. The van der Waals surface area contributed by atoms with E-state index in [4.69, 9.17) is 4.74 Å². The van der Waals surface area contributed by atoms with Gasteiger partial charge in [0.2, 0.25) is 0 Å². The van der Waals surface area contributed by atoms with Crippen molar-refractivity contribution in [3.8, 4) is 0 Å². The average molecular weight is 252 g/mol. The maximum atomic E-state index is 5.94. The van der Waals surface area contributed by atoms with E-state index in [0.29, 0.717) is 12.0 Å². The van der Waals surface area contributed by atoms with E-state index in [1.165, 1.54) is 16.7 Å². The lowest BCUT2D eigenvalue weighted by Gasteiger charge is -2.35. The Bertz CT molecular complexity index is 509. The molecule has 0 aromatic heterocycles. The summed E-state index contributed by atoms with van der Waals surface area (Å²) >= 11 is 0. The van der Waals surface area contributed by atoms with Crippen molar-refractivity contribution in [3.63, 3.8) is 0 Å². The highest BCUT2D eigenvalue weighted by Crippen LogP contribution is 2.39. The van der Waals surface area contributed by atoms with Crippen LogP contribution in [0.5, 0.6) is 0 Å². The molecule has 0 saturated heterocycles. The number of rotatable bonds is 4. The molecule has 1 aliphatic carbocycles. The van der Waals surface area contributed by atoms with Gasteiger partial charge in [0.05, 0.1) is 12.7 Å². The van der Waals surface area contributed by atoms with E-state index in [-0.39, 0.29) is 0 Å². The molecule has 1 fully saturated rings. The fraction of sp³-hybridized carbons (Fsp3) is 0.333. The highest BCUT2D eigenvalue weighted by atomic mass is 16.5. The van der Waals surface area contributed by atoms with E-state index < -0.39 is 0 Å². The van der Waals surface area contributed by atoms with E-state index in [9.17, 15) is 0 Å². The monoisotopic (exact) mass is 252 g/mol. The van der Waals surface area contributed by atoms with Crippen LogP contribution >= 0.6 is 0 Å². The van der Waals surface area contributed by atoms with Crippen molar-refractivity contribution in [3.05, 3.63) is 71.3 Å². The van der Waals surface area contributed by atoms with Gasteiger partial charge in [-0.1, -0.05) is 60.2 Å². The maximum Gasteiger partial charge on any atom is 0.0720 e. The summed E-state index contributed by atoms with van der Waals surface area (Å²) in [6.45, 7) is 2.88. The van der Waals surface area contributed by atoms with Gasteiger partial charge in [-0.2, -0.15) is 0 Å². The predicted molar refractivity (Wildman–Crippen MR) is 78.2 cm³/mol. The van der Waals surface area contributed by atoms with Crippen molar-refractivity contribution in [2.75, 3.05) is 0 Å². The second kappa shape index (κ2) is 5.58. The number of hydrogen-bond acceptors (Lipinski definition) is 1. The number of aryl methyl sites for hydroxylation is 1. The normalized spacial score (nSPS) is 21.9. The van der Waals surface area contributed by atoms with Crippen molar-refractivity contribution < 1.29 is 4.74 Å². The van der Waals surface area contributed by atoms with Gasteiger partial charge in [-0.25, -0.2) is 0 Å². The lowest BCUT2D eigenvalue weighted by molar-refractivity contribution is -0.0207. The molecule has 0 unspecified atom stereocenters. The quantitative estimate of drug-likeness (QED) is 0.780. The third-order valence-corrected chi connectivity index (χ3v) is 3.97. The first-order valence-corrected chi connectivity index (χ1v) is 7.03. The van der Waals surface area contributed by atoms with Gasteiger partial charge in [0.25, 0.3) is 0 Å². The van der Waals surface area contributed by atoms with Gasteiger partial charge >= 0.3 is 0 Å². The smallest absolute Gasteiger partial charge is 0.0720 e. The van der Waals surface area contributed by atoms with Crippen LogP contribution in [-0.2, 0) is 11.3 Å². The molecule has 1 nitrogen and oxygen atoms in total. The third-order valence-electron chi connectivity index (χ3n) is 3.97. The minimum atomic E-state index is 0.437. The van der Waals surface area contributed by atoms with Gasteiger partial charge in [0, 0.05) is 0 Å². The average Bonchev–Trinajstić information content (AvgIpc) is 2.40. The molecule has 0 aliphatic heterocycles. The highest BCUT2D eigenvalue weighted by Gasteiger charge is 2.30. The van der Waals surface area contributed by atoms with Crippen molar-refractivity contribution in [1.82, 2.24) is 0 Å². The molecule has 1 aliphatic rings. The van der Waals surface area contributed by atoms with Gasteiger partial charge in [-0.05, 0) is 36.8 Å². The maximum absolute atomic E-state index is 5.94. The van der Waals surface area contributed by atoms with Crippen molar-refractivity contribution >= 4 is 0 Å². The number of ether oxygens (including phenoxy) is 1. The summed E-state index contributed by atoms with van der Waals surface area (Å²) in [7, 11) is 0. The fourth-order valence-corrected chi connectivity index (χ4v) is 2.60. The van der Waals surface area contributed by atoms with Crippen LogP contribution in [0, 0.1) is 6.92 Å². The van der Waals surface area contributed by atoms with Gasteiger partial charge < -0.3 is 4.74 Å². The summed E-state index contributed by atoms with van der Waals surface area (Å²) in [6, 6.07) is 19.3. The molecular weight excluding hydrogens is 232 g/mol. The molecule has 2 aromatic carbocycles. The molecule has 1 heteroatoms. The van der Waals surface area contributed by atoms with Crippen LogP contribution < -0.4 is 0 Å². The third kappa shape index (κ3) is 3.05. The standard InChI is InChI=1S/C18H20O/c1-14-7-9-16(10-8-14)17-11-18(12-17)19-13-15-5-3-2-4-6-15/h2-10,17-18H,11-13H2,1H3. The van der Waals surface area contributed by atoms with Crippen LogP contribution in [-0.4, -0.2) is 6.10 Å². The largest absolute Gasteiger partial charge is 0.373 e. The van der Waals surface area contributed by atoms with Crippen molar-refractivity contribution in [2.24, 2.45) is 0 Å². The van der Waals surface area contributed by atoms with Crippen molar-refractivity contribution in [2.45, 2.75) is 38.4 Å². The summed E-state index contributed by atoms with van der Waals surface area (Å²) < 4.78 is 5.94. The summed E-state index contributed by atoms with van der Waals surface area (Å²) in [5, 5.41) is 0. The Labute approximate surface area is 115 Å². The summed E-state index contributed by atoms with van der Waals surface area (Å²) in [4.78, 5) is 0. The summed E-state index contributed by atoms with van der Waals surface area (Å²) in [6.07, 6.45) is 2.76. The van der Waals surface area contributed by atoms with Crippen LogP contribution in [0.1, 0.15) is 35.4 Å². The van der Waals surface area contributed by atoms with Crippen LogP contribution in [0.25, 0.3) is 0 Å². The van der Waals surface area contributed by atoms with Crippen LogP contribution in [0.3, 0.4) is 0 Å². The second-order valence-electron chi connectivity index (χ2n) is 5.50. The molecule has 0 bridgehead atoms. The molecule has 19 heavy (non-hydrogen) atoms. The zero-order chi connectivity index (χ0) is 13.1. The van der Waals surface area contributed by atoms with Gasteiger partial charge in [-0.15, -0.1) is 0 Å². The van der Waals surface area contributed by atoms with E-state index in [1.807, 2.05) is 6.07 Å². The van der Waals surface area contributed by atoms with Crippen molar-refractivity contribution in [1.29, 1.82) is 0 Å². The highest BCUT2D eigenvalue weighted by molar-refractivity contribution is 5.26. The summed E-state index contributed by atoms with van der Waals surface area (Å²) in [5.41, 5.74) is 4.06. The Kier molecular flexibility index (Phi) is 3.65. The van der Waals surface area contributed by atoms with E-state index in [2.05, 4.69) is 55.5 Å². The molecule has 0 radical (unpaired) electrons. The van der Waals surface area contributed by atoms with E-state index in [1.54, 1.807) is 0 Å². The Hall–Kier alpha value is -1.60. The first-order valence-electron chi connectivity index (χ1n) is 7.03. The Morgan fingerprint density at radius 2 is 1.63 bits per heavy atom. The molecule has 0 heterocycles. The molecular formula is C18H20O. The zero-order valence-electron chi connectivity index (χ0n) is 11.4. The van der Waals surface area contributed by atoms with Crippen LogP contribution in [0.2, 0.25) is 0 Å². The molecule has 3 rings (SSSR count). The number of hydrogen-bond donors (Lipinski definition) is 0. The molecule has 0 atom stereocenters. The Balaban J connectivity index is 1.47. The van der Waals surface area contributed by atoms with E-state index >= 15 is 0 Å². The Morgan fingerprint density at radius 3 is 2.32 bits per heavy atom.